The highest BCUT2D eigenvalue weighted by Crippen LogP contribution is 2.21. The van der Waals surface area contributed by atoms with Gasteiger partial charge in [0.15, 0.2) is 6.29 Å². The Morgan fingerprint density at radius 1 is 1.40 bits per heavy atom. The summed E-state index contributed by atoms with van der Waals surface area (Å²) < 4.78 is 5.55. The summed E-state index contributed by atoms with van der Waals surface area (Å²) in [5.74, 6) is 0.163. The zero-order valence-electron chi connectivity index (χ0n) is 20.0. The molecule has 1 saturated heterocycles. The first kappa shape index (κ1) is 25.7. The van der Waals surface area contributed by atoms with E-state index in [2.05, 4.69) is 9.97 Å². The summed E-state index contributed by atoms with van der Waals surface area (Å²) in [7, 11) is 3.42. The SMILES string of the molecule is C[C@H](CO)Oc1cc(CC(=O)N(C)c2ccc(CN3CCN(C)CC3=O)c(C=O)n2)ncc1C#N. The van der Waals surface area contributed by atoms with Crippen LogP contribution in [0.25, 0.3) is 0 Å². The second-order valence-electron chi connectivity index (χ2n) is 8.41. The lowest BCUT2D eigenvalue weighted by molar-refractivity contribution is -0.136. The Hall–Kier alpha value is -3.88. The van der Waals surface area contributed by atoms with Crippen molar-refractivity contribution in [2.45, 2.75) is 26.0 Å². The van der Waals surface area contributed by atoms with Gasteiger partial charge in [-0.2, -0.15) is 5.26 Å². The molecular weight excluding hydrogens is 452 g/mol. The van der Waals surface area contributed by atoms with Gasteiger partial charge in [0.1, 0.15) is 35.0 Å². The molecule has 2 amide bonds. The zero-order chi connectivity index (χ0) is 25.5. The van der Waals surface area contributed by atoms with Crippen molar-refractivity contribution >= 4 is 23.9 Å². The number of nitrogens with zero attached hydrogens (tertiary/aromatic N) is 6. The number of aliphatic hydroxyl groups is 1. The Balaban J connectivity index is 1.73. The summed E-state index contributed by atoms with van der Waals surface area (Å²) in [6.45, 7) is 3.34. The predicted molar refractivity (Wildman–Crippen MR) is 126 cm³/mol. The number of aromatic nitrogens is 2. The minimum Gasteiger partial charge on any atom is -0.487 e. The standard InChI is InChI=1S/C24H28N6O5/c1-16(14-31)35-21-8-19(26-11-18(21)10-25)9-23(33)29(3)22-5-4-17(20(15-32)27-22)12-30-7-6-28(2)13-24(30)34/h4-5,8,11,15-16,31H,6-7,9,12-14H2,1-3H3/t16-/m1/s1. The number of aldehydes is 1. The van der Waals surface area contributed by atoms with Gasteiger partial charge in [-0.3, -0.25) is 29.2 Å². The monoisotopic (exact) mass is 480 g/mol. The lowest BCUT2D eigenvalue weighted by atomic mass is 10.1. The molecule has 1 atom stereocenters. The second kappa shape index (κ2) is 11.5. The number of anilines is 1. The third-order valence-electron chi connectivity index (χ3n) is 5.66. The third-order valence-corrected chi connectivity index (χ3v) is 5.66. The Kier molecular flexibility index (Phi) is 8.46. The Bertz CT molecular complexity index is 1150. The highest BCUT2D eigenvalue weighted by Gasteiger charge is 2.23. The highest BCUT2D eigenvalue weighted by molar-refractivity contribution is 5.93. The number of pyridine rings is 2. The molecule has 0 spiro atoms. The first-order chi connectivity index (χ1) is 16.7. The largest absolute Gasteiger partial charge is 0.487 e. The topological polar surface area (TPSA) is 140 Å². The number of hydrogen-bond acceptors (Lipinski definition) is 9. The van der Waals surface area contributed by atoms with Crippen molar-refractivity contribution in [3.63, 3.8) is 0 Å². The molecule has 1 aliphatic heterocycles. The average molecular weight is 481 g/mol. The van der Waals surface area contributed by atoms with E-state index in [1.54, 1.807) is 24.0 Å². The van der Waals surface area contributed by atoms with Crippen LogP contribution in [0, 0.1) is 11.3 Å². The van der Waals surface area contributed by atoms with Crippen molar-refractivity contribution < 1.29 is 24.2 Å². The van der Waals surface area contributed by atoms with E-state index in [1.165, 1.54) is 24.2 Å². The lowest BCUT2D eigenvalue weighted by Gasteiger charge is -2.32. The van der Waals surface area contributed by atoms with Gasteiger partial charge in [0, 0.05) is 44.5 Å². The summed E-state index contributed by atoms with van der Waals surface area (Å²) in [4.78, 5) is 50.3. The number of carbonyl (C=O) groups excluding carboxylic acids is 3. The lowest BCUT2D eigenvalue weighted by Crippen LogP contribution is -2.48. The van der Waals surface area contributed by atoms with Crippen LogP contribution in [0.5, 0.6) is 5.75 Å². The molecule has 11 nitrogen and oxygen atoms in total. The van der Waals surface area contributed by atoms with Crippen molar-refractivity contribution in [2.24, 2.45) is 0 Å². The number of likely N-dealkylation sites (N-methyl/N-ethyl adjacent to an activating group) is 2. The molecule has 184 valence electrons. The van der Waals surface area contributed by atoms with E-state index >= 15 is 0 Å². The molecule has 3 rings (SSSR count). The first-order valence-corrected chi connectivity index (χ1v) is 11.1. The minimum absolute atomic E-state index is 0.0152. The Labute approximate surface area is 203 Å². The van der Waals surface area contributed by atoms with Gasteiger partial charge in [-0.1, -0.05) is 6.07 Å². The molecular formula is C24H28N6O5. The van der Waals surface area contributed by atoms with E-state index in [0.717, 1.165) is 6.54 Å². The zero-order valence-corrected chi connectivity index (χ0v) is 20.0. The Morgan fingerprint density at radius 2 is 2.17 bits per heavy atom. The molecule has 1 aliphatic rings. The van der Waals surface area contributed by atoms with Crippen LogP contribution < -0.4 is 9.64 Å². The number of piperazine rings is 1. The van der Waals surface area contributed by atoms with Crippen LogP contribution in [-0.4, -0.2) is 89.4 Å². The van der Waals surface area contributed by atoms with Crippen LogP contribution >= 0.6 is 0 Å². The molecule has 1 fully saturated rings. The van der Waals surface area contributed by atoms with Gasteiger partial charge in [0.25, 0.3) is 0 Å². The molecule has 3 heterocycles. The van der Waals surface area contributed by atoms with Gasteiger partial charge in [0.2, 0.25) is 11.8 Å². The number of rotatable bonds is 9. The van der Waals surface area contributed by atoms with Crippen LogP contribution in [0.1, 0.15) is 34.2 Å². The minimum atomic E-state index is -0.527. The van der Waals surface area contributed by atoms with Gasteiger partial charge in [-0.05, 0) is 20.0 Å². The van der Waals surface area contributed by atoms with Gasteiger partial charge in [-0.25, -0.2) is 4.98 Å². The first-order valence-electron chi connectivity index (χ1n) is 11.1. The van der Waals surface area contributed by atoms with Crippen molar-refractivity contribution in [3.8, 4) is 11.8 Å². The van der Waals surface area contributed by atoms with Gasteiger partial charge in [-0.15, -0.1) is 0 Å². The second-order valence-corrected chi connectivity index (χ2v) is 8.41. The third kappa shape index (κ3) is 6.38. The number of ether oxygens (including phenoxy) is 1. The predicted octanol–water partition coefficient (Wildman–Crippen LogP) is 0.400. The van der Waals surface area contributed by atoms with E-state index in [0.29, 0.717) is 30.6 Å². The quantitative estimate of drug-likeness (QED) is 0.505. The molecule has 35 heavy (non-hydrogen) atoms. The van der Waals surface area contributed by atoms with Gasteiger partial charge >= 0.3 is 0 Å². The molecule has 0 unspecified atom stereocenters. The number of carbonyl (C=O) groups is 3. The van der Waals surface area contributed by atoms with Crippen molar-refractivity contribution in [1.29, 1.82) is 5.26 Å². The molecule has 2 aromatic rings. The Morgan fingerprint density at radius 3 is 2.83 bits per heavy atom. The van der Waals surface area contributed by atoms with Crippen LogP contribution in [0.3, 0.4) is 0 Å². The van der Waals surface area contributed by atoms with E-state index < -0.39 is 6.10 Å². The van der Waals surface area contributed by atoms with E-state index in [9.17, 15) is 24.8 Å². The van der Waals surface area contributed by atoms with E-state index in [4.69, 9.17) is 4.74 Å². The summed E-state index contributed by atoms with van der Waals surface area (Å²) >= 11 is 0. The van der Waals surface area contributed by atoms with Crippen LogP contribution in [0.4, 0.5) is 5.82 Å². The highest BCUT2D eigenvalue weighted by atomic mass is 16.5. The molecule has 0 radical (unpaired) electrons. The smallest absolute Gasteiger partial charge is 0.237 e. The summed E-state index contributed by atoms with van der Waals surface area (Å²) in [5.41, 5.74) is 1.35. The van der Waals surface area contributed by atoms with Gasteiger partial charge < -0.3 is 14.7 Å². The summed E-state index contributed by atoms with van der Waals surface area (Å²) in [5, 5.41) is 18.5. The van der Waals surface area contributed by atoms with Crippen LogP contribution in [0.2, 0.25) is 0 Å². The molecule has 11 heteroatoms. The maximum atomic E-state index is 12.9. The van der Waals surface area contributed by atoms with Crippen LogP contribution in [0.15, 0.2) is 24.4 Å². The van der Waals surface area contributed by atoms with E-state index in [1.807, 2.05) is 18.0 Å². The summed E-state index contributed by atoms with van der Waals surface area (Å²) in [6.07, 6.45) is 1.31. The fraction of sp³-hybridized carbons (Fsp3) is 0.417. The van der Waals surface area contributed by atoms with Crippen LogP contribution in [-0.2, 0) is 22.6 Å². The maximum Gasteiger partial charge on any atom is 0.237 e. The van der Waals surface area contributed by atoms with Crippen molar-refractivity contribution in [3.05, 3.63) is 46.9 Å². The molecule has 0 aromatic carbocycles. The number of aliphatic hydroxyl groups excluding tert-OH is 1. The molecule has 0 saturated carbocycles. The number of nitriles is 1. The van der Waals surface area contributed by atoms with Crippen molar-refractivity contribution in [2.75, 3.05) is 45.2 Å². The number of amides is 2. The summed E-state index contributed by atoms with van der Waals surface area (Å²) in [6, 6.07) is 6.80. The van der Waals surface area contributed by atoms with Gasteiger partial charge in [0.05, 0.1) is 25.3 Å². The normalized spacial score (nSPS) is 14.8. The maximum absolute atomic E-state index is 12.9. The molecule has 1 N–H and O–H groups in total. The fourth-order valence-electron chi connectivity index (χ4n) is 3.53. The molecule has 2 aromatic heterocycles. The molecule has 0 bridgehead atoms. The van der Waals surface area contributed by atoms with E-state index in [-0.39, 0.29) is 54.2 Å². The van der Waals surface area contributed by atoms with Crippen molar-refractivity contribution in [1.82, 2.24) is 19.8 Å². The molecule has 0 aliphatic carbocycles. The number of hydrogen-bond donors (Lipinski definition) is 1. The fourth-order valence-corrected chi connectivity index (χ4v) is 3.53. The average Bonchev–Trinajstić information content (AvgIpc) is 2.85.